The van der Waals surface area contributed by atoms with Gasteiger partial charge in [-0.15, -0.1) is 0 Å². The highest BCUT2D eigenvalue weighted by atomic mass is 19.4. The molecule has 1 unspecified atom stereocenters. The molecule has 0 spiro atoms. The fourth-order valence-electron chi connectivity index (χ4n) is 0.923. The van der Waals surface area contributed by atoms with E-state index in [1.165, 1.54) is 0 Å². The van der Waals surface area contributed by atoms with E-state index in [9.17, 15) is 18.0 Å². The first-order valence-electron chi connectivity index (χ1n) is 4.60. The third-order valence-corrected chi connectivity index (χ3v) is 1.77. The van der Waals surface area contributed by atoms with Crippen LogP contribution in [-0.4, -0.2) is 18.8 Å². The second-order valence-electron chi connectivity index (χ2n) is 3.27. The molecule has 0 amide bonds. The van der Waals surface area contributed by atoms with E-state index in [1.54, 1.807) is 6.92 Å². The summed E-state index contributed by atoms with van der Waals surface area (Å²) in [5.41, 5.74) is 0. The predicted octanol–water partition coefficient (Wildman–Crippen LogP) is 2.92. The molecule has 0 saturated heterocycles. The summed E-state index contributed by atoms with van der Waals surface area (Å²) in [5, 5.41) is 0. The van der Waals surface area contributed by atoms with Gasteiger partial charge in [0, 0.05) is 0 Å². The highest BCUT2D eigenvalue weighted by Gasteiger charge is 2.30. The standard InChI is InChI=1S/C9H15F3O2/c1-3-4-5-7(2)8(13)14-6-9(10,11)12/h7H,3-6H2,1-2H3. The van der Waals surface area contributed by atoms with Crippen LogP contribution in [-0.2, 0) is 9.53 Å². The zero-order chi connectivity index (χ0) is 11.2. The molecule has 0 aliphatic rings. The summed E-state index contributed by atoms with van der Waals surface area (Å²) in [7, 11) is 0. The maximum Gasteiger partial charge on any atom is 0.422 e. The van der Waals surface area contributed by atoms with Crippen LogP contribution in [0.1, 0.15) is 33.1 Å². The summed E-state index contributed by atoms with van der Waals surface area (Å²) in [4.78, 5) is 11.0. The first-order chi connectivity index (χ1) is 6.37. The van der Waals surface area contributed by atoms with Crippen LogP contribution in [0.2, 0.25) is 0 Å². The molecule has 0 rings (SSSR count). The Balaban J connectivity index is 3.73. The van der Waals surface area contributed by atoms with Crippen molar-refractivity contribution in [2.75, 3.05) is 6.61 Å². The van der Waals surface area contributed by atoms with Crippen molar-refractivity contribution in [2.45, 2.75) is 39.3 Å². The van der Waals surface area contributed by atoms with Crippen molar-refractivity contribution in [1.82, 2.24) is 0 Å². The van der Waals surface area contributed by atoms with Crippen molar-refractivity contribution in [2.24, 2.45) is 5.92 Å². The molecule has 0 aromatic heterocycles. The normalized spacial score (nSPS) is 13.8. The second-order valence-corrected chi connectivity index (χ2v) is 3.27. The molecule has 1 atom stereocenters. The number of halogens is 3. The van der Waals surface area contributed by atoms with Crippen molar-refractivity contribution in [3.05, 3.63) is 0 Å². The molecule has 0 N–H and O–H groups in total. The molecular formula is C9H15F3O2. The van der Waals surface area contributed by atoms with Crippen molar-refractivity contribution in [3.63, 3.8) is 0 Å². The Kier molecular flexibility index (Phi) is 5.57. The van der Waals surface area contributed by atoms with Crippen molar-refractivity contribution in [1.29, 1.82) is 0 Å². The van der Waals surface area contributed by atoms with Crippen LogP contribution in [0.25, 0.3) is 0 Å². The van der Waals surface area contributed by atoms with Crippen LogP contribution in [0, 0.1) is 5.92 Å². The number of carbonyl (C=O) groups is 1. The van der Waals surface area contributed by atoms with E-state index in [-0.39, 0.29) is 0 Å². The molecule has 5 heteroatoms. The van der Waals surface area contributed by atoms with Gasteiger partial charge >= 0.3 is 12.1 Å². The lowest BCUT2D eigenvalue weighted by Crippen LogP contribution is -2.23. The summed E-state index contributed by atoms with van der Waals surface area (Å²) in [6, 6.07) is 0. The Labute approximate surface area is 81.4 Å². The topological polar surface area (TPSA) is 26.3 Å². The largest absolute Gasteiger partial charge is 0.456 e. The first-order valence-corrected chi connectivity index (χ1v) is 4.60. The van der Waals surface area contributed by atoms with E-state index in [0.717, 1.165) is 12.8 Å². The summed E-state index contributed by atoms with van der Waals surface area (Å²) in [6.07, 6.45) is -2.12. The molecule has 0 aliphatic carbocycles. The van der Waals surface area contributed by atoms with E-state index >= 15 is 0 Å². The van der Waals surface area contributed by atoms with Gasteiger partial charge in [0.2, 0.25) is 0 Å². The summed E-state index contributed by atoms with van der Waals surface area (Å²) >= 11 is 0. The van der Waals surface area contributed by atoms with Crippen LogP contribution in [0.5, 0.6) is 0 Å². The van der Waals surface area contributed by atoms with Crippen LogP contribution in [0.4, 0.5) is 13.2 Å². The average molecular weight is 212 g/mol. The van der Waals surface area contributed by atoms with E-state index < -0.39 is 24.7 Å². The first kappa shape index (κ1) is 13.3. The molecule has 84 valence electrons. The van der Waals surface area contributed by atoms with Crippen LogP contribution < -0.4 is 0 Å². The summed E-state index contributed by atoms with van der Waals surface area (Å²) < 4.78 is 39.1. The van der Waals surface area contributed by atoms with Gasteiger partial charge in [0.1, 0.15) is 0 Å². The molecule has 0 radical (unpaired) electrons. The molecule has 0 heterocycles. The molecule has 2 nitrogen and oxygen atoms in total. The minimum Gasteiger partial charge on any atom is -0.456 e. The van der Waals surface area contributed by atoms with Gasteiger partial charge in [-0.3, -0.25) is 4.79 Å². The molecule has 0 saturated carbocycles. The fourth-order valence-corrected chi connectivity index (χ4v) is 0.923. The highest BCUT2D eigenvalue weighted by molar-refractivity contribution is 5.71. The van der Waals surface area contributed by atoms with Crippen molar-refractivity contribution >= 4 is 5.97 Å². The number of ether oxygens (including phenoxy) is 1. The van der Waals surface area contributed by atoms with Gasteiger partial charge in [-0.25, -0.2) is 0 Å². The summed E-state index contributed by atoms with van der Waals surface area (Å²) in [6.45, 7) is 2.05. The lowest BCUT2D eigenvalue weighted by atomic mass is 10.1. The molecule has 14 heavy (non-hydrogen) atoms. The van der Waals surface area contributed by atoms with Gasteiger partial charge in [-0.05, 0) is 6.42 Å². The third-order valence-electron chi connectivity index (χ3n) is 1.77. The Morgan fingerprint density at radius 1 is 1.43 bits per heavy atom. The zero-order valence-corrected chi connectivity index (χ0v) is 8.36. The molecular weight excluding hydrogens is 197 g/mol. The van der Waals surface area contributed by atoms with Gasteiger partial charge < -0.3 is 4.74 Å². The Hall–Kier alpha value is -0.740. The minimum absolute atomic E-state index is 0.447. The SMILES string of the molecule is CCCCC(C)C(=O)OCC(F)(F)F. The monoisotopic (exact) mass is 212 g/mol. The Morgan fingerprint density at radius 3 is 2.43 bits per heavy atom. The summed E-state index contributed by atoms with van der Waals surface area (Å²) in [5.74, 6) is -1.21. The Bertz CT molecular complexity index is 177. The molecule has 0 aromatic rings. The number of alkyl halides is 3. The fraction of sp³-hybridized carbons (Fsp3) is 0.889. The Morgan fingerprint density at radius 2 is 2.00 bits per heavy atom. The molecule has 0 aliphatic heterocycles. The van der Waals surface area contributed by atoms with Gasteiger partial charge in [-0.1, -0.05) is 26.7 Å². The van der Waals surface area contributed by atoms with Crippen molar-refractivity contribution < 1.29 is 22.7 Å². The molecule has 0 bridgehead atoms. The van der Waals surface area contributed by atoms with Crippen molar-refractivity contribution in [3.8, 4) is 0 Å². The van der Waals surface area contributed by atoms with Gasteiger partial charge in [0.15, 0.2) is 6.61 Å². The second kappa shape index (κ2) is 5.88. The number of rotatable bonds is 5. The smallest absolute Gasteiger partial charge is 0.422 e. The maximum atomic E-state index is 11.7. The molecule has 0 aromatic carbocycles. The maximum absolute atomic E-state index is 11.7. The van der Waals surface area contributed by atoms with Crippen LogP contribution >= 0.6 is 0 Å². The predicted molar refractivity (Wildman–Crippen MR) is 45.7 cm³/mol. The van der Waals surface area contributed by atoms with E-state index in [0.29, 0.717) is 6.42 Å². The minimum atomic E-state index is -4.43. The average Bonchev–Trinajstić information content (AvgIpc) is 2.09. The number of hydrogen-bond acceptors (Lipinski definition) is 2. The van der Waals surface area contributed by atoms with Gasteiger partial charge in [0.05, 0.1) is 5.92 Å². The highest BCUT2D eigenvalue weighted by Crippen LogP contribution is 2.16. The van der Waals surface area contributed by atoms with E-state index in [1.807, 2.05) is 6.92 Å². The van der Waals surface area contributed by atoms with Gasteiger partial charge in [-0.2, -0.15) is 13.2 Å². The van der Waals surface area contributed by atoms with Gasteiger partial charge in [0.25, 0.3) is 0 Å². The zero-order valence-electron chi connectivity index (χ0n) is 8.36. The number of carbonyl (C=O) groups excluding carboxylic acids is 1. The van der Waals surface area contributed by atoms with Crippen LogP contribution in [0.15, 0.2) is 0 Å². The number of hydrogen-bond donors (Lipinski definition) is 0. The lowest BCUT2D eigenvalue weighted by molar-refractivity contribution is -0.189. The number of unbranched alkanes of at least 4 members (excludes halogenated alkanes) is 1. The van der Waals surface area contributed by atoms with E-state index in [2.05, 4.69) is 4.74 Å². The number of esters is 1. The van der Waals surface area contributed by atoms with Crippen LogP contribution in [0.3, 0.4) is 0 Å². The lowest BCUT2D eigenvalue weighted by Gasteiger charge is -2.12. The third kappa shape index (κ3) is 6.74. The molecule has 0 fully saturated rings. The van der Waals surface area contributed by atoms with E-state index in [4.69, 9.17) is 0 Å². The quantitative estimate of drug-likeness (QED) is 0.655.